The summed E-state index contributed by atoms with van der Waals surface area (Å²) in [4.78, 5) is 29.4. The second-order valence-corrected chi connectivity index (χ2v) is 7.14. The first-order chi connectivity index (χ1) is 11.1. The summed E-state index contributed by atoms with van der Waals surface area (Å²) in [5, 5.41) is 0. The molecule has 2 amide bonds. The highest BCUT2D eigenvalue weighted by atomic mass is 16.2. The molecule has 1 aromatic rings. The number of hydrogen-bond donors (Lipinski definition) is 0. The molecule has 0 aromatic heterocycles. The van der Waals surface area contributed by atoms with Gasteiger partial charge in [0, 0.05) is 32.5 Å². The molecule has 1 saturated heterocycles. The van der Waals surface area contributed by atoms with Crippen LogP contribution in [0.1, 0.15) is 44.2 Å². The summed E-state index contributed by atoms with van der Waals surface area (Å²) in [5.41, 5.74) is 2.38. The molecule has 0 radical (unpaired) electrons. The van der Waals surface area contributed by atoms with Gasteiger partial charge in [-0.15, -0.1) is 0 Å². The number of benzene rings is 1. The van der Waals surface area contributed by atoms with Crippen LogP contribution >= 0.6 is 0 Å². The van der Waals surface area contributed by atoms with Crippen molar-refractivity contribution in [3.8, 4) is 0 Å². The van der Waals surface area contributed by atoms with Crippen molar-refractivity contribution in [1.82, 2.24) is 9.80 Å². The lowest BCUT2D eigenvalue weighted by Crippen LogP contribution is -2.53. The number of amides is 2. The van der Waals surface area contributed by atoms with E-state index in [0.29, 0.717) is 25.3 Å². The molecule has 0 saturated carbocycles. The Balaban J connectivity index is 1.86. The van der Waals surface area contributed by atoms with Gasteiger partial charge in [-0.25, -0.2) is 0 Å². The van der Waals surface area contributed by atoms with Crippen LogP contribution in [0.5, 0.6) is 0 Å². The van der Waals surface area contributed by atoms with Crippen LogP contribution in [0.25, 0.3) is 0 Å². The van der Waals surface area contributed by atoms with Gasteiger partial charge in [-0.05, 0) is 29.9 Å². The van der Waals surface area contributed by atoms with Crippen molar-refractivity contribution in [2.75, 3.05) is 13.1 Å². The van der Waals surface area contributed by atoms with Crippen molar-refractivity contribution in [2.45, 2.75) is 52.1 Å². The molecule has 1 fully saturated rings. The molecule has 124 valence electrons. The van der Waals surface area contributed by atoms with Crippen molar-refractivity contribution in [1.29, 1.82) is 0 Å². The fourth-order valence-electron chi connectivity index (χ4n) is 3.62. The van der Waals surface area contributed by atoms with Gasteiger partial charge in [0.2, 0.25) is 11.8 Å². The Morgan fingerprint density at radius 2 is 1.78 bits per heavy atom. The Hall–Kier alpha value is -1.84. The summed E-state index contributed by atoms with van der Waals surface area (Å²) in [6, 6.07) is 7.86. The first-order valence-corrected chi connectivity index (χ1v) is 8.71. The van der Waals surface area contributed by atoms with Crippen molar-refractivity contribution in [3.05, 3.63) is 35.4 Å². The van der Waals surface area contributed by atoms with Gasteiger partial charge >= 0.3 is 0 Å². The molecular formula is C19H26N2O2. The molecule has 0 aliphatic carbocycles. The summed E-state index contributed by atoms with van der Waals surface area (Å²) in [7, 11) is 0. The highest BCUT2D eigenvalue weighted by Gasteiger charge is 2.37. The van der Waals surface area contributed by atoms with Gasteiger partial charge < -0.3 is 9.80 Å². The molecule has 4 nitrogen and oxygen atoms in total. The van der Waals surface area contributed by atoms with Gasteiger partial charge in [-0.3, -0.25) is 9.59 Å². The van der Waals surface area contributed by atoms with Crippen LogP contribution in [0.3, 0.4) is 0 Å². The standard InChI is InChI=1S/C19H26N2O2/c1-14(2)11-18(22)21-13-16-8-4-3-7-15(16)12-17(21)19(23)20-9-5-6-10-20/h3-4,7-8,14,17H,5-6,9-13H2,1-2H3. The zero-order chi connectivity index (χ0) is 16.4. The minimum Gasteiger partial charge on any atom is -0.341 e. The van der Waals surface area contributed by atoms with Gasteiger partial charge in [0.1, 0.15) is 6.04 Å². The summed E-state index contributed by atoms with van der Waals surface area (Å²) in [5.74, 6) is 0.545. The smallest absolute Gasteiger partial charge is 0.245 e. The largest absolute Gasteiger partial charge is 0.341 e. The number of fused-ring (bicyclic) bond motifs is 1. The third-order valence-electron chi connectivity index (χ3n) is 4.85. The summed E-state index contributed by atoms with van der Waals surface area (Å²) < 4.78 is 0. The van der Waals surface area contributed by atoms with E-state index in [1.165, 1.54) is 11.1 Å². The van der Waals surface area contributed by atoms with Crippen LogP contribution < -0.4 is 0 Å². The Morgan fingerprint density at radius 1 is 1.13 bits per heavy atom. The Kier molecular flexibility index (Phi) is 4.69. The third kappa shape index (κ3) is 3.41. The Morgan fingerprint density at radius 3 is 2.43 bits per heavy atom. The molecule has 4 heteroatoms. The summed E-state index contributed by atoms with van der Waals surface area (Å²) in [6.07, 6.45) is 3.31. The van der Waals surface area contributed by atoms with Crippen LogP contribution in [-0.2, 0) is 22.6 Å². The normalized spacial score (nSPS) is 20.7. The molecule has 2 aliphatic heterocycles. The van der Waals surface area contributed by atoms with Crippen molar-refractivity contribution < 1.29 is 9.59 Å². The molecule has 0 spiro atoms. The van der Waals surface area contributed by atoms with E-state index in [4.69, 9.17) is 0 Å². The summed E-state index contributed by atoms with van der Waals surface area (Å²) in [6.45, 7) is 6.33. The fourth-order valence-corrected chi connectivity index (χ4v) is 3.62. The number of rotatable bonds is 3. The molecule has 3 rings (SSSR count). The molecule has 2 aliphatic rings. The van der Waals surface area contributed by atoms with Crippen LogP contribution in [0.2, 0.25) is 0 Å². The predicted octanol–water partition coefficient (Wildman–Crippen LogP) is 2.61. The van der Waals surface area contributed by atoms with E-state index in [9.17, 15) is 9.59 Å². The number of carbonyl (C=O) groups excluding carboxylic acids is 2. The van der Waals surface area contributed by atoms with Crippen LogP contribution in [-0.4, -0.2) is 40.7 Å². The molecular weight excluding hydrogens is 288 g/mol. The first-order valence-electron chi connectivity index (χ1n) is 8.71. The number of hydrogen-bond acceptors (Lipinski definition) is 2. The Bertz CT molecular complexity index is 591. The minimum atomic E-state index is -0.325. The first kappa shape index (κ1) is 16.0. The second kappa shape index (κ2) is 6.73. The Labute approximate surface area is 138 Å². The third-order valence-corrected chi connectivity index (χ3v) is 4.85. The van der Waals surface area contributed by atoms with Crippen LogP contribution in [0.15, 0.2) is 24.3 Å². The molecule has 2 heterocycles. The quantitative estimate of drug-likeness (QED) is 0.860. The minimum absolute atomic E-state index is 0.104. The van der Waals surface area contributed by atoms with Crippen molar-refractivity contribution in [2.24, 2.45) is 5.92 Å². The maximum atomic E-state index is 12.9. The van der Waals surface area contributed by atoms with Gasteiger partial charge in [0.15, 0.2) is 0 Å². The number of carbonyl (C=O) groups is 2. The second-order valence-electron chi connectivity index (χ2n) is 7.14. The monoisotopic (exact) mass is 314 g/mol. The SMILES string of the molecule is CC(C)CC(=O)N1Cc2ccccc2CC1C(=O)N1CCCC1. The number of likely N-dealkylation sites (tertiary alicyclic amines) is 1. The number of nitrogens with zero attached hydrogens (tertiary/aromatic N) is 2. The molecule has 23 heavy (non-hydrogen) atoms. The van der Waals surface area contributed by atoms with E-state index in [1.807, 2.05) is 35.8 Å². The molecule has 1 aromatic carbocycles. The molecule has 1 unspecified atom stereocenters. The maximum Gasteiger partial charge on any atom is 0.245 e. The van der Waals surface area contributed by atoms with E-state index in [-0.39, 0.29) is 17.9 Å². The van der Waals surface area contributed by atoms with Gasteiger partial charge in [-0.2, -0.15) is 0 Å². The molecule has 0 bridgehead atoms. The van der Waals surface area contributed by atoms with E-state index in [1.54, 1.807) is 0 Å². The van der Waals surface area contributed by atoms with E-state index < -0.39 is 0 Å². The van der Waals surface area contributed by atoms with Crippen molar-refractivity contribution >= 4 is 11.8 Å². The van der Waals surface area contributed by atoms with Gasteiger partial charge in [0.05, 0.1) is 0 Å². The van der Waals surface area contributed by atoms with Crippen LogP contribution in [0.4, 0.5) is 0 Å². The lowest BCUT2D eigenvalue weighted by Gasteiger charge is -2.38. The zero-order valence-electron chi connectivity index (χ0n) is 14.1. The lowest BCUT2D eigenvalue weighted by atomic mass is 9.92. The van der Waals surface area contributed by atoms with E-state index >= 15 is 0 Å². The molecule has 1 atom stereocenters. The van der Waals surface area contributed by atoms with Crippen LogP contribution in [0, 0.1) is 5.92 Å². The predicted molar refractivity (Wildman–Crippen MR) is 89.8 cm³/mol. The molecule has 0 N–H and O–H groups in total. The highest BCUT2D eigenvalue weighted by Crippen LogP contribution is 2.26. The highest BCUT2D eigenvalue weighted by molar-refractivity contribution is 5.88. The van der Waals surface area contributed by atoms with Crippen molar-refractivity contribution in [3.63, 3.8) is 0 Å². The zero-order valence-corrected chi connectivity index (χ0v) is 14.1. The van der Waals surface area contributed by atoms with Gasteiger partial charge in [0.25, 0.3) is 0 Å². The summed E-state index contributed by atoms with van der Waals surface area (Å²) >= 11 is 0. The average Bonchev–Trinajstić information content (AvgIpc) is 3.06. The van der Waals surface area contributed by atoms with E-state index in [2.05, 4.69) is 12.1 Å². The van der Waals surface area contributed by atoms with Gasteiger partial charge in [-0.1, -0.05) is 38.1 Å². The topological polar surface area (TPSA) is 40.6 Å². The lowest BCUT2D eigenvalue weighted by molar-refractivity contribution is -0.147. The van der Waals surface area contributed by atoms with E-state index in [0.717, 1.165) is 25.9 Å². The average molecular weight is 314 g/mol. The maximum absolute atomic E-state index is 12.9. The fraction of sp³-hybridized carbons (Fsp3) is 0.579.